The molecule has 1 aromatic heterocycles. The minimum Gasteiger partial charge on any atom is -0.439 e. The Balaban J connectivity index is 2.64. The average molecular weight is 244 g/mol. The van der Waals surface area contributed by atoms with E-state index < -0.39 is 0 Å². The standard InChI is InChI=1S/C10H7Cl2NO2/c11-4-7(14)6-2-1-3-8-10(6)13-9(5-12)15-8/h1-3H,4-5H2. The summed E-state index contributed by atoms with van der Waals surface area (Å²) in [5.74, 6) is 0.351. The van der Waals surface area contributed by atoms with Gasteiger partial charge in [0.2, 0.25) is 5.89 Å². The maximum absolute atomic E-state index is 11.5. The van der Waals surface area contributed by atoms with Gasteiger partial charge in [-0.25, -0.2) is 4.98 Å². The van der Waals surface area contributed by atoms with Crippen LogP contribution in [0.25, 0.3) is 11.1 Å². The SMILES string of the molecule is O=C(CCl)c1cccc2oc(CCl)nc12. The second-order valence-electron chi connectivity index (χ2n) is 2.95. The predicted octanol–water partition coefficient (Wildman–Crippen LogP) is 2.99. The molecule has 2 aromatic rings. The minimum absolute atomic E-state index is 0.0673. The first-order valence-corrected chi connectivity index (χ1v) is 5.36. The summed E-state index contributed by atoms with van der Waals surface area (Å²) in [6.07, 6.45) is 0. The first kappa shape index (κ1) is 10.5. The topological polar surface area (TPSA) is 43.1 Å². The molecule has 0 aliphatic carbocycles. The molecule has 78 valence electrons. The van der Waals surface area contributed by atoms with Gasteiger partial charge in [0, 0.05) is 5.56 Å². The molecule has 0 bridgehead atoms. The number of para-hydroxylation sites is 1. The number of ketones is 1. The van der Waals surface area contributed by atoms with Crippen LogP contribution >= 0.6 is 23.2 Å². The number of fused-ring (bicyclic) bond motifs is 1. The van der Waals surface area contributed by atoms with E-state index in [0.29, 0.717) is 22.6 Å². The van der Waals surface area contributed by atoms with Crippen LogP contribution in [0.2, 0.25) is 0 Å². The number of hydrogen-bond donors (Lipinski definition) is 0. The van der Waals surface area contributed by atoms with Crippen LogP contribution in [0.4, 0.5) is 0 Å². The number of rotatable bonds is 3. The summed E-state index contributed by atoms with van der Waals surface area (Å²) >= 11 is 11.1. The van der Waals surface area contributed by atoms with E-state index in [0.717, 1.165) is 0 Å². The molecule has 0 fully saturated rings. The summed E-state index contributed by atoms with van der Waals surface area (Å²) in [6, 6.07) is 5.14. The van der Waals surface area contributed by atoms with Gasteiger partial charge in [-0.3, -0.25) is 4.79 Å². The number of oxazole rings is 1. The molecular weight excluding hydrogens is 237 g/mol. The zero-order valence-corrected chi connectivity index (χ0v) is 9.18. The van der Waals surface area contributed by atoms with Crippen molar-refractivity contribution in [3.63, 3.8) is 0 Å². The molecular formula is C10H7Cl2NO2. The highest BCUT2D eigenvalue weighted by Crippen LogP contribution is 2.21. The summed E-state index contributed by atoms with van der Waals surface area (Å²) in [5, 5.41) is 0. The third kappa shape index (κ3) is 1.85. The molecule has 1 heterocycles. The fraction of sp³-hybridized carbons (Fsp3) is 0.200. The van der Waals surface area contributed by atoms with Crippen LogP contribution in [-0.4, -0.2) is 16.6 Å². The summed E-state index contributed by atoms with van der Waals surface area (Å²) < 4.78 is 5.31. The molecule has 5 heteroatoms. The molecule has 3 nitrogen and oxygen atoms in total. The Labute approximate surface area is 96.0 Å². The lowest BCUT2D eigenvalue weighted by Gasteiger charge is -1.95. The van der Waals surface area contributed by atoms with Crippen molar-refractivity contribution in [2.24, 2.45) is 0 Å². The number of carbonyl (C=O) groups is 1. The molecule has 0 amide bonds. The van der Waals surface area contributed by atoms with Crippen molar-refractivity contribution < 1.29 is 9.21 Å². The number of carbonyl (C=O) groups excluding carboxylic acids is 1. The van der Waals surface area contributed by atoms with E-state index in [4.69, 9.17) is 27.6 Å². The number of hydrogen-bond acceptors (Lipinski definition) is 3. The van der Waals surface area contributed by atoms with Crippen molar-refractivity contribution in [3.05, 3.63) is 29.7 Å². The predicted molar refractivity (Wildman–Crippen MR) is 58.6 cm³/mol. The quantitative estimate of drug-likeness (QED) is 0.615. The minimum atomic E-state index is -0.170. The lowest BCUT2D eigenvalue weighted by atomic mass is 10.1. The molecule has 0 radical (unpaired) electrons. The lowest BCUT2D eigenvalue weighted by Crippen LogP contribution is -2.00. The van der Waals surface area contributed by atoms with E-state index in [1.165, 1.54) is 0 Å². The number of benzene rings is 1. The van der Waals surface area contributed by atoms with Crippen LogP contribution in [0.15, 0.2) is 22.6 Å². The van der Waals surface area contributed by atoms with Gasteiger partial charge < -0.3 is 4.42 Å². The van der Waals surface area contributed by atoms with Gasteiger partial charge in [0.15, 0.2) is 11.4 Å². The van der Waals surface area contributed by atoms with Gasteiger partial charge in [-0.2, -0.15) is 0 Å². The molecule has 0 N–H and O–H groups in total. The largest absolute Gasteiger partial charge is 0.439 e. The Morgan fingerprint density at radius 2 is 2.20 bits per heavy atom. The van der Waals surface area contributed by atoms with Crippen molar-refractivity contribution in [2.45, 2.75) is 5.88 Å². The highest BCUT2D eigenvalue weighted by Gasteiger charge is 2.13. The van der Waals surface area contributed by atoms with Crippen LogP contribution < -0.4 is 0 Å². The van der Waals surface area contributed by atoms with Gasteiger partial charge in [0.05, 0.1) is 11.8 Å². The number of nitrogens with zero attached hydrogens (tertiary/aromatic N) is 1. The lowest BCUT2D eigenvalue weighted by molar-refractivity contribution is 0.102. The second-order valence-corrected chi connectivity index (χ2v) is 3.48. The van der Waals surface area contributed by atoms with Crippen LogP contribution in [0.3, 0.4) is 0 Å². The Kier molecular flexibility index (Phi) is 2.93. The van der Waals surface area contributed by atoms with E-state index >= 15 is 0 Å². The molecule has 0 atom stereocenters. The highest BCUT2D eigenvalue weighted by atomic mass is 35.5. The fourth-order valence-electron chi connectivity index (χ4n) is 1.35. The number of aromatic nitrogens is 1. The zero-order chi connectivity index (χ0) is 10.8. The Bertz CT molecular complexity index is 507. The van der Waals surface area contributed by atoms with E-state index in [2.05, 4.69) is 4.98 Å². The normalized spacial score (nSPS) is 10.8. The summed E-state index contributed by atoms with van der Waals surface area (Å²) in [5.41, 5.74) is 1.56. The average Bonchev–Trinajstić information content (AvgIpc) is 2.70. The molecule has 0 saturated carbocycles. The van der Waals surface area contributed by atoms with Crippen LogP contribution in [0.5, 0.6) is 0 Å². The van der Waals surface area contributed by atoms with Crippen LogP contribution in [-0.2, 0) is 5.88 Å². The van der Waals surface area contributed by atoms with Crippen molar-refractivity contribution in [1.29, 1.82) is 0 Å². The van der Waals surface area contributed by atoms with Gasteiger partial charge in [0.25, 0.3) is 0 Å². The Morgan fingerprint density at radius 3 is 2.87 bits per heavy atom. The number of halogens is 2. The maximum atomic E-state index is 11.5. The monoisotopic (exact) mass is 243 g/mol. The second kappa shape index (κ2) is 4.21. The highest BCUT2D eigenvalue weighted by molar-refractivity contribution is 6.31. The molecule has 1 aromatic carbocycles. The van der Waals surface area contributed by atoms with Gasteiger partial charge in [-0.1, -0.05) is 6.07 Å². The summed E-state index contributed by atoms with van der Waals surface area (Å²) in [7, 11) is 0. The first-order chi connectivity index (χ1) is 7.26. The Hall–Kier alpha value is -1.06. The van der Waals surface area contributed by atoms with Crippen molar-refractivity contribution in [1.82, 2.24) is 4.98 Å². The van der Waals surface area contributed by atoms with Gasteiger partial charge in [-0.15, -0.1) is 23.2 Å². The van der Waals surface area contributed by atoms with Crippen LogP contribution in [0, 0.1) is 0 Å². The van der Waals surface area contributed by atoms with Crippen molar-refractivity contribution >= 4 is 40.1 Å². The van der Waals surface area contributed by atoms with E-state index in [1.807, 2.05) is 0 Å². The summed E-state index contributed by atoms with van der Waals surface area (Å²) in [6.45, 7) is 0. The third-order valence-electron chi connectivity index (χ3n) is 2.00. The summed E-state index contributed by atoms with van der Waals surface area (Å²) in [4.78, 5) is 15.6. The van der Waals surface area contributed by atoms with Crippen molar-refractivity contribution in [3.8, 4) is 0 Å². The Morgan fingerprint density at radius 1 is 1.40 bits per heavy atom. The number of Topliss-reactive ketones (excluding diaryl/α,β-unsaturated/α-hetero) is 1. The molecule has 0 unspecified atom stereocenters. The third-order valence-corrected chi connectivity index (χ3v) is 2.47. The van der Waals surface area contributed by atoms with Gasteiger partial charge in [-0.05, 0) is 12.1 Å². The van der Waals surface area contributed by atoms with Gasteiger partial charge >= 0.3 is 0 Å². The molecule has 0 aliphatic heterocycles. The first-order valence-electron chi connectivity index (χ1n) is 4.30. The molecule has 0 saturated heterocycles. The van der Waals surface area contributed by atoms with Crippen molar-refractivity contribution in [2.75, 3.05) is 5.88 Å². The van der Waals surface area contributed by atoms with Gasteiger partial charge in [0.1, 0.15) is 5.52 Å². The number of alkyl halides is 2. The fourth-order valence-corrected chi connectivity index (χ4v) is 1.61. The smallest absolute Gasteiger partial charge is 0.210 e. The maximum Gasteiger partial charge on any atom is 0.210 e. The van der Waals surface area contributed by atoms with E-state index in [9.17, 15) is 4.79 Å². The molecule has 15 heavy (non-hydrogen) atoms. The molecule has 0 aliphatic rings. The van der Waals surface area contributed by atoms with E-state index in [-0.39, 0.29) is 17.5 Å². The van der Waals surface area contributed by atoms with Crippen LogP contribution in [0.1, 0.15) is 16.2 Å². The molecule has 0 spiro atoms. The molecule has 2 rings (SSSR count). The zero-order valence-electron chi connectivity index (χ0n) is 7.67. The van der Waals surface area contributed by atoms with E-state index in [1.54, 1.807) is 18.2 Å².